The van der Waals surface area contributed by atoms with Gasteiger partial charge in [-0.2, -0.15) is 8.42 Å². The average Bonchev–Trinajstić information content (AvgIpc) is 2.74. The Labute approximate surface area is 177 Å². The van der Waals surface area contributed by atoms with E-state index in [2.05, 4.69) is 0 Å². The number of hydrogen-bond acceptors (Lipinski definition) is 5. The van der Waals surface area contributed by atoms with Gasteiger partial charge in [-0.15, -0.1) is 0 Å². The fourth-order valence-corrected chi connectivity index (χ4v) is 3.34. The van der Waals surface area contributed by atoms with Crippen molar-refractivity contribution in [1.29, 1.82) is 0 Å². The number of carboxylic acid groups (broad SMARTS) is 1. The van der Waals surface area contributed by atoms with Crippen molar-refractivity contribution in [3.05, 3.63) is 102 Å². The summed E-state index contributed by atoms with van der Waals surface area (Å²) in [5.74, 6) is -0.959. The fourth-order valence-electron chi connectivity index (χ4n) is 2.45. The van der Waals surface area contributed by atoms with E-state index in [1.165, 1.54) is 0 Å². The molecular weight excluding hydrogens is 402 g/mol. The lowest BCUT2D eigenvalue weighted by Gasteiger charge is -2.06. The number of benzene rings is 3. The van der Waals surface area contributed by atoms with Gasteiger partial charge >= 0.3 is 5.97 Å². The Morgan fingerprint density at radius 1 is 0.900 bits per heavy atom. The number of rotatable bonds is 7. The van der Waals surface area contributed by atoms with Gasteiger partial charge < -0.3 is 10.8 Å². The lowest BCUT2D eigenvalue weighted by Crippen LogP contribution is -2.32. The Morgan fingerprint density at radius 2 is 1.40 bits per heavy atom. The monoisotopic (exact) mass is 427 g/mol. The summed E-state index contributed by atoms with van der Waals surface area (Å²) in [6.07, 6.45) is 0.385. The van der Waals surface area contributed by atoms with Crippen LogP contribution in [-0.4, -0.2) is 25.5 Å². The summed E-state index contributed by atoms with van der Waals surface area (Å²) >= 11 is 0. The highest BCUT2D eigenvalue weighted by molar-refractivity contribution is 7.86. The van der Waals surface area contributed by atoms with Crippen molar-refractivity contribution in [1.82, 2.24) is 0 Å². The van der Waals surface area contributed by atoms with Gasteiger partial charge in [0.1, 0.15) is 6.04 Å². The highest BCUT2D eigenvalue weighted by atomic mass is 32.2. The van der Waals surface area contributed by atoms with Gasteiger partial charge in [0.25, 0.3) is 10.1 Å². The van der Waals surface area contributed by atoms with Gasteiger partial charge in [-0.25, -0.2) is 0 Å². The molecule has 0 spiro atoms. The predicted molar refractivity (Wildman–Crippen MR) is 115 cm³/mol. The molecule has 0 aliphatic heterocycles. The van der Waals surface area contributed by atoms with Crippen molar-refractivity contribution in [2.24, 2.45) is 5.73 Å². The lowest BCUT2D eigenvalue weighted by molar-refractivity contribution is -0.138. The zero-order valence-corrected chi connectivity index (χ0v) is 17.5. The molecule has 0 aliphatic rings. The quantitative estimate of drug-likeness (QED) is 0.559. The maximum Gasteiger partial charge on any atom is 0.320 e. The van der Waals surface area contributed by atoms with Crippen LogP contribution in [0.4, 0.5) is 0 Å². The van der Waals surface area contributed by atoms with Crippen LogP contribution in [-0.2, 0) is 32.1 Å². The fraction of sp³-hybridized carbons (Fsp3) is 0.174. The lowest BCUT2D eigenvalue weighted by atomic mass is 10.1. The van der Waals surface area contributed by atoms with Crippen LogP contribution >= 0.6 is 0 Å². The minimum absolute atomic E-state index is 0.0526. The number of carboxylic acids is 1. The van der Waals surface area contributed by atoms with Crippen molar-refractivity contribution in [3.8, 4) is 0 Å². The SMILES string of the molecule is Cc1ccc(S(=O)(=O)OCc2ccccc2)cc1.NC(Cc1ccccc1)C(=O)O. The second kappa shape index (κ2) is 11.3. The molecule has 0 saturated heterocycles. The van der Waals surface area contributed by atoms with E-state index in [-0.39, 0.29) is 11.5 Å². The average molecular weight is 428 g/mol. The third-order valence-electron chi connectivity index (χ3n) is 4.15. The third-order valence-corrected chi connectivity index (χ3v) is 5.43. The van der Waals surface area contributed by atoms with Crippen LogP contribution in [0.1, 0.15) is 16.7 Å². The minimum Gasteiger partial charge on any atom is -0.480 e. The van der Waals surface area contributed by atoms with E-state index in [1.807, 2.05) is 67.6 Å². The van der Waals surface area contributed by atoms with Crippen LogP contribution < -0.4 is 5.73 Å². The Bertz CT molecular complexity index is 1020. The van der Waals surface area contributed by atoms with Crippen molar-refractivity contribution >= 4 is 16.1 Å². The first kappa shape index (κ1) is 23.3. The topological polar surface area (TPSA) is 107 Å². The zero-order chi connectivity index (χ0) is 22.0. The van der Waals surface area contributed by atoms with Crippen LogP contribution in [0.15, 0.2) is 89.8 Å². The molecule has 3 aromatic rings. The summed E-state index contributed by atoms with van der Waals surface area (Å²) in [4.78, 5) is 10.6. The summed E-state index contributed by atoms with van der Waals surface area (Å²) in [5, 5.41) is 8.52. The smallest absolute Gasteiger partial charge is 0.320 e. The van der Waals surface area contributed by atoms with Crippen molar-refractivity contribution in [2.75, 3.05) is 0 Å². The van der Waals surface area contributed by atoms with E-state index in [0.29, 0.717) is 6.42 Å². The van der Waals surface area contributed by atoms with Crippen molar-refractivity contribution in [3.63, 3.8) is 0 Å². The van der Waals surface area contributed by atoms with Crippen LogP contribution in [0.2, 0.25) is 0 Å². The van der Waals surface area contributed by atoms with Crippen molar-refractivity contribution < 1.29 is 22.5 Å². The molecule has 1 atom stereocenters. The summed E-state index contributed by atoms with van der Waals surface area (Å²) in [6.45, 7) is 1.96. The first-order valence-electron chi connectivity index (χ1n) is 9.30. The molecule has 7 heteroatoms. The molecule has 0 radical (unpaired) electrons. The van der Waals surface area contributed by atoms with Gasteiger partial charge in [-0.05, 0) is 36.6 Å². The van der Waals surface area contributed by atoms with Gasteiger partial charge in [-0.1, -0.05) is 78.4 Å². The molecule has 0 heterocycles. The van der Waals surface area contributed by atoms with Crippen LogP contribution in [0, 0.1) is 6.92 Å². The normalized spacial score (nSPS) is 11.8. The molecule has 3 N–H and O–H groups in total. The standard InChI is InChI=1S/C14H14O3S.C9H11NO2/c1-12-7-9-14(10-8-12)18(15,16)17-11-13-5-3-2-4-6-13;10-8(9(11)12)6-7-4-2-1-3-5-7/h2-10H,11H2,1H3;1-5,8H,6,10H2,(H,11,12). The Morgan fingerprint density at radius 3 is 1.90 bits per heavy atom. The molecule has 0 saturated carbocycles. The van der Waals surface area contributed by atoms with E-state index in [4.69, 9.17) is 15.0 Å². The summed E-state index contributed by atoms with van der Waals surface area (Å²) in [7, 11) is -3.68. The molecule has 0 bridgehead atoms. The molecule has 3 aromatic carbocycles. The molecular formula is C23H25NO5S. The first-order valence-corrected chi connectivity index (χ1v) is 10.7. The molecule has 0 aliphatic carbocycles. The highest BCUT2D eigenvalue weighted by Crippen LogP contribution is 2.15. The zero-order valence-electron chi connectivity index (χ0n) is 16.6. The van der Waals surface area contributed by atoms with Gasteiger partial charge in [0, 0.05) is 0 Å². The van der Waals surface area contributed by atoms with Crippen LogP contribution in [0.25, 0.3) is 0 Å². The first-order chi connectivity index (χ1) is 14.3. The van der Waals surface area contributed by atoms with Crippen LogP contribution in [0.3, 0.4) is 0 Å². The number of carbonyl (C=O) groups is 1. The van der Waals surface area contributed by atoms with Gasteiger partial charge in [0.15, 0.2) is 0 Å². The van der Waals surface area contributed by atoms with E-state index < -0.39 is 22.1 Å². The Balaban J connectivity index is 0.000000232. The predicted octanol–water partition coefficient (Wildman–Crippen LogP) is 3.54. The number of aliphatic carboxylic acids is 1. The maximum absolute atomic E-state index is 11.9. The molecule has 30 heavy (non-hydrogen) atoms. The molecule has 0 amide bonds. The molecule has 6 nitrogen and oxygen atoms in total. The van der Waals surface area contributed by atoms with Gasteiger partial charge in [0.05, 0.1) is 11.5 Å². The molecule has 3 rings (SSSR count). The summed E-state index contributed by atoms with van der Waals surface area (Å²) < 4.78 is 28.8. The maximum atomic E-state index is 11.9. The third kappa shape index (κ3) is 7.79. The van der Waals surface area contributed by atoms with E-state index >= 15 is 0 Å². The minimum atomic E-state index is -3.68. The molecule has 0 fully saturated rings. The van der Waals surface area contributed by atoms with Gasteiger partial charge in [0.2, 0.25) is 0 Å². The van der Waals surface area contributed by atoms with Crippen LogP contribution in [0.5, 0.6) is 0 Å². The Kier molecular flexibility index (Phi) is 8.73. The molecule has 0 aromatic heterocycles. The number of nitrogens with two attached hydrogens (primary N) is 1. The van der Waals surface area contributed by atoms with Crippen molar-refractivity contribution in [2.45, 2.75) is 30.9 Å². The molecule has 158 valence electrons. The summed E-state index contributed by atoms with van der Waals surface area (Å²) in [5.41, 5.74) is 8.14. The molecule has 1 unspecified atom stereocenters. The van der Waals surface area contributed by atoms with E-state index in [1.54, 1.807) is 24.3 Å². The largest absolute Gasteiger partial charge is 0.480 e. The highest BCUT2D eigenvalue weighted by Gasteiger charge is 2.14. The second-order valence-electron chi connectivity index (χ2n) is 6.65. The van der Waals surface area contributed by atoms with E-state index in [0.717, 1.165) is 16.7 Å². The summed E-state index contributed by atoms with van der Waals surface area (Å²) in [6, 6.07) is 24.4. The number of aryl methyl sites for hydroxylation is 1. The van der Waals surface area contributed by atoms with E-state index in [9.17, 15) is 13.2 Å². The number of hydrogen-bond donors (Lipinski definition) is 2. The Hall–Kier alpha value is -3.00. The van der Waals surface area contributed by atoms with Gasteiger partial charge in [-0.3, -0.25) is 8.98 Å². The second-order valence-corrected chi connectivity index (χ2v) is 8.26.